The molecule has 4 heteroatoms. The highest BCUT2D eigenvalue weighted by Crippen LogP contribution is 2.42. The van der Waals surface area contributed by atoms with Gasteiger partial charge in [-0.25, -0.2) is 4.57 Å². The molecule has 0 aliphatic rings. The molecule has 0 spiro atoms. The standard InChI is InChI=1S/C9H11O3P.C2H6/c1-2-8-13(10,11)12-9-6-4-3-5-7-9;1-2/h2-7H,1,8H2,(H,10,11);1-2H3. The molecule has 0 aliphatic heterocycles. The molecule has 0 amide bonds. The highest BCUT2D eigenvalue weighted by molar-refractivity contribution is 7.53. The van der Waals surface area contributed by atoms with E-state index in [-0.39, 0.29) is 6.16 Å². The molecule has 0 saturated heterocycles. The second-order valence-electron chi connectivity index (χ2n) is 2.51. The third kappa shape index (κ3) is 6.10. The molecule has 84 valence electrons. The van der Waals surface area contributed by atoms with Crippen molar-refractivity contribution in [3.63, 3.8) is 0 Å². The van der Waals surface area contributed by atoms with E-state index in [2.05, 4.69) is 6.58 Å². The number of hydrogen-bond donors (Lipinski definition) is 1. The fourth-order valence-electron chi connectivity index (χ4n) is 0.846. The lowest BCUT2D eigenvalue weighted by Gasteiger charge is -2.10. The second kappa shape index (κ2) is 7.27. The quantitative estimate of drug-likeness (QED) is 0.634. The molecule has 1 aromatic carbocycles. The topological polar surface area (TPSA) is 46.5 Å². The maximum Gasteiger partial charge on any atom is 0.380 e. The maximum absolute atomic E-state index is 11.2. The SMILES string of the molecule is C=CCP(=O)(O)Oc1ccccc1.CC. The van der Waals surface area contributed by atoms with Gasteiger partial charge >= 0.3 is 7.60 Å². The summed E-state index contributed by atoms with van der Waals surface area (Å²) in [4.78, 5) is 9.23. The fourth-order valence-corrected chi connectivity index (χ4v) is 1.70. The van der Waals surface area contributed by atoms with Crippen molar-refractivity contribution in [2.75, 3.05) is 6.16 Å². The van der Waals surface area contributed by atoms with Gasteiger partial charge in [0.25, 0.3) is 0 Å². The Hall–Kier alpha value is -1.05. The summed E-state index contributed by atoms with van der Waals surface area (Å²) < 4.78 is 16.1. The van der Waals surface area contributed by atoms with Crippen LogP contribution < -0.4 is 4.52 Å². The largest absolute Gasteiger partial charge is 0.424 e. The van der Waals surface area contributed by atoms with Crippen molar-refractivity contribution in [2.24, 2.45) is 0 Å². The van der Waals surface area contributed by atoms with E-state index in [0.717, 1.165) is 0 Å². The van der Waals surface area contributed by atoms with Gasteiger partial charge < -0.3 is 9.42 Å². The van der Waals surface area contributed by atoms with Crippen LogP contribution in [0.3, 0.4) is 0 Å². The van der Waals surface area contributed by atoms with Gasteiger partial charge in [-0.05, 0) is 12.1 Å². The van der Waals surface area contributed by atoms with Crippen molar-refractivity contribution < 1.29 is 14.0 Å². The Balaban J connectivity index is 0.000000921. The van der Waals surface area contributed by atoms with Gasteiger partial charge in [0.05, 0.1) is 6.16 Å². The van der Waals surface area contributed by atoms with Gasteiger partial charge in [-0.1, -0.05) is 38.1 Å². The van der Waals surface area contributed by atoms with Crippen LogP contribution in [-0.4, -0.2) is 11.1 Å². The van der Waals surface area contributed by atoms with Crippen LogP contribution in [0.5, 0.6) is 5.75 Å². The monoisotopic (exact) mass is 228 g/mol. The summed E-state index contributed by atoms with van der Waals surface area (Å²) in [7, 11) is -3.53. The second-order valence-corrected chi connectivity index (χ2v) is 4.34. The number of para-hydroxylation sites is 1. The van der Waals surface area contributed by atoms with Crippen LogP contribution in [-0.2, 0) is 4.57 Å². The Morgan fingerprint density at radius 1 is 1.40 bits per heavy atom. The molecule has 0 aliphatic carbocycles. The van der Waals surface area contributed by atoms with Crippen molar-refractivity contribution in [1.29, 1.82) is 0 Å². The number of hydrogen-bond acceptors (Lipinski definition) is 2. The Bertz CT molecular complexity index is 322. The first-order valence-corrected chi connectivity index (χ1v) is 6.58. The summed E-state index contributed by atoms with van der Waals surface area (Å²) in [6, 6.07) is 8.55. The highest BCUT2D eigenvalue weighted by Gasteiger charge is 2.17. The molecule has 0 fully saturated rings. The summed E-state index contributed by atoms with van der Waals surface area (Å²) in [5.74, 6) is 0.398. The zero-order chi connectivity index (χ0) is 11.7. The third-order valence-corrected chi connectivity index (χ3v) is 2.57. The van der Waals surface area contributed by atoms with Crippen LogP contribution in [0.2, 0.25) is 0 Å². The minimum Gasteiger partial charge on any atom is -0.424 e. The summed E-state index contributed by atoms with van der Waals surface area (Å²) in [5, 5.41) is 0. The normalized spacial score (nSPS) is 13.0. The molecule has 0 aromatic heterocycles. The third-order valence-electron chi connectivity index (χ3n) is 1.35. The van der Waals surface area contributed by atoms with Crippen molar-refractivity contribution in [1.82, 2.24) is 0 Å². The van der Waals surface area contributed by atoms with Gasteiger partial charge in [0.2, 0.25) is 0 Å². The van der Waals surface area contributed by atoms with Gasteiger partial charge in [-0.2, -0.15) is 0 Å². The van der Waals surface area contributed by atoms with Crippen molar-refractivity contribution in [3.05, 3.63) is 43.0 Å². The van der Waals surface area contributed by atoms with E-state index in [0.29, 0.717) is 5.75 Å². The number of benzene rings is 1. The molecular weight excluding hydrogens is 211 g/mol. The molecule has 0 heterocycles. The molecule has 3 nitrogen and oxygen atoms in total. The first-order chi connectivity index (χ1) is 7.14. The number of rotatable bonds is 4. The van der Waals surface area contributed by atoms with Crippen LogP contribution in [0, 0.1) is 0 Å². The molecule has 0 radical (unpaired) electrons. The predicted octanol–water partition coefficient (Wildman–Crippen LogP) is 3.46. The number of allylic oxidation sites excluding steroid dienone is 1. The summed E-state index contributed by atoms with van der Waals surface area (Å²) in [5.41, 5.74) is 0. The lowest BCUT2D eigenvalue weighted by molar-refractivity contribution is 0.383. The zero-order valence-corrected chi connectivity index (χ0v) is 9.98. The molecule has 15 heavy (non-hydrogen) atoms. The molecule has 1 rings (SSSR count). The Morgan fingerprint density at radius 3 is 2.40 bits per heavy atom. The van der Waals surface area contributed by atoms with Crippen molar-refractivity contribution in [2.45, 2.75) is 13.8 Å². The zero-order valence-electron chi connectivity index (χ0n) is 9.09. The van der Waals surface area contributed by atoms with Crippen LogP contribution in [0.4, 0.5) is 0 Å². The van der Waals surface area contributed by atoms with E-state index in [4.69, 9.17) is 4.52 Å². The Labute approximate surface area is 90.9 Å². The van der Waals surface area contributed by atoms with Gasteiger partial charge in [-0.3, -0.25) is 0 Å². The molecule has 1 unspecified atom stereocenters. The van der Waals surface area contributed by atoms with E-state index in [9.17, 15) is 9.46 Å². The summed E-state index contributed by atoms with van der Waals surface area (Å²) in [6.07, 6.45) is 1.33. The maximum atomic E-state index is 11.2. The van der Waals surface area contributed by atoms with Gasteiger partial charge in [0.15, 0.2) is 0 Å². The van der Waals surface area contributed by atoms with Crippen LogP contribution >= 0.6 is 7.60 Å². The van der Waals surface area contributed by atoms with E-state index in [1.54, 1.807) is 24.3 Å². The smallest absolute Gasteiger partial charge is 0.380 e. The highest BCUT2D eigenvalue weighted by atomic mass is 31.2. The summed E-state index contributed by atoms with van der Waals surface area (Å²) >= 11 is 0. The summed E-state index contributed by atoms with van der Waals surface area (Å²) in [6.45, 7) is 7.38. The van der Waals surface area contributed by atoms with Crippen molar-refractivity contribution >= 4 is 7.60 Å². The molecule has 0 saturated carbocycles. The molecule has 0 bridgehead atoms. The molecule has 1 aromatic rings. The van der Waals surface area contributed by atoms with Gasteiger partial charge in [0.1, 0.15) is 5.75 Å². The molecular formula is C11H17O3P. The Kier molecular flexibility index (Phi) is 6.76. The van der Waals surface area contributed by atoms with Gasteiger partial charge in [-0.15, -0.1) is 6.58 Å². The first kappa shape index (κ1) is 13.9. The van der Waals surface area contributed by atoms with E-state index >= 15 is 0 Å². The fraction of sp³-hybridized carbons (Fsp3) is 0.273. The van der Waals surface area contributed by atoms with E-state index in [1.807, 2.05) is 19.9 Å². The lowest BCUT2D eigenvalue weighted by atomic mass is 10.3. The molecule has 1 atom stereocenters. The van der Waals surface area contributed by atoms with Crippen LogP contribution in [0.15, 0.2) is 43.0 Å². The predicted molar refractivity (Wildman–Crippen MR) is 63.3 cm³/mol. The average molecular weight is 228 g/mol. The van der Waals surface area contributed by atoms with Crippen LogP contribution in [0.25, 0.3) is 0 Å². The van der Waals surface area contributed by atoms with E-state index in [1.165, 1.54) is 6.08 Å². The van der Waals surface area contributed by atoms with Gasteiger partial charge in [0, 0.05) is 0 Å². The molecule has 1 N–H and O–H groups in total. The minimum absolute atomic E-state index is 0.0398. The van der Waals surface area contributed by atoms with Crippen molar-refractivity contribution in [3.8, 4) is 5.75 Å². The first-order valence-electron chi connectivity index (χ1n) is 4.81. The lowest BCUT2D eigenvalue weighted by Crippen LogP contribution is -1.94. The van der Waals surface area contributed by atoms with Crippen LogP contribution in [0.1, 0.15) is 13.8 Å². The average Bonchev–Trinajstić information content (AvgIpc) is 2.21. The van der Waals surface area contributed by atoms with E-state index < -0.39 is 7.60 Å². The minimum atomic E-state index is -3.53. The Morgan fingerprint density at radius 2 is 1.93 bits per heavy atom.